The Balaban J connectivity index is 2.16. The first-order valence-electron chi connectivity index (χ1n) is 4.75. The van der Waals surface area contributed by atoms with E-state index in [0.717, 1.165) is 26.1 Å². The fraction of sp³-hybridized carbons (Fsp3) is 0.889. The molecule has 0 radical (unpaired) electrons. The number of nitrogens with one attached hydrogen (secondary N) is 2. The Morgan fingerprint density at radius 2 is 2.54 bits per heavy atom. The van der Waals surface area contributed by atoms with Gasteiger partial charge in [0.1, 0.15) is 0 Å². The number of carbonyl (C=O) groups is 1. The Morgan fingerprint density at radius 1 is 1.77 bits per heavy atom. The topological polar surface area (TPSA) is 41.1 Å². The summed E-state index contributed by atoms with van der Waals surface area (Å²) in [7, 11) is 0. The van der Waals surface area contributed by atoms with Crippen molar-refractivity contribution in [2.75, 3.05) is 25.9 Å². The van der Waals surface area contributed by atoms with Crippen LogP contribution in [0, 0.1) is 5.92 Å². The lowest BCUT2D eigenvalue weighted by molar-refractivity contribution is -0.124. The average molecular weight is 202 g/mol. The number of carbonyl (C=O) groups excluding carboxylic acids is 1. The third-order valence-corrected chi connectivity index (χ3v) is 3.37. The second kappa shape index (κ2) is 5.50. The predicted molar refractivity (Wildman–Crippen MR) is 57.0 cm³/mol. The van der Waals surface area contributed by atoms with Crippen LogP contribution in [-0.4, -0.2) is 37.0 Å². The molecule has 0 unspecified atom stereocenters. The van der Waals surface area contributed by atoms with Crippen LogP contribution in [-0.2, 0) is 4.79 Å². The average Bonchev–Trinajstić information content (AvgIpc) is 2.66. The molecule has 0 aliphatic carbocycles. The molecule has 0 bridgehead atoms. The molecular weight excluding hydrogens is 184 g/mol. The van der Waals surface area contributed by atoms with Crippen LogP contribution >= 0.6 is 11.8 Å². The highest BCUT2D eigenvalue weighted by atomic mass is 32.2. The third kappa shape index (κ3) is 3.56. The largest absolute Gasteiger partial charge is 0.355 e. The molecule has 4 heteroatoms. The second-order valence-corrected chi connectivity index (χ2v) is 4.76. The fourth-order valence-corrected chi connectivity index (χ4v) is 1.60. The summed E-state index contributed by atoms with van der Waals surface area (Å²) >= 11 is 1.78. The van der Waals surface area contributed by atoms with Crippen molar-refractivity contribution < 1.29 is 4.79 Å². The molecule has 3 nitrogen and oxygen atoms in total. The highest BCUT2D eigenvalue weighted by Gasteiger charge is 2.21. The van der Waals surface area contributed by atoms with Gasteiger partial charge in [0, 0.05) is 18.3 Å². The Morgan fingerprint density at radius 3 is 3.08 bits per heavy atom. The van der Waals surface area contributed by atoms with Gasteiger partial charge in [-0.1, -0.05) is 6.92 Å². The normalized spacial score (nSPS) is 24.3. The quantitative estimate of drug-likeness (QED) is 0.696. The van der Waals surface area contributed by atoms with Crippen LogP contribution in [0.15, 0.2) is 0 Å². The smallest absolute Gasteiger partial charge is 0.224 e. The minimum Gasteiger partial charge on any atom is -0.355 e. The van der Waals surface area contributed by atoms with Gasteiger partial charge in [-0.05, 0) is 19.2 Å². The first-order chi connectivity index (χ1) is 6.24. The van der Waals surface area contributed by atoms with Crippen molar-refractivity contribution in [2.45, 2.75) is 18.6 Å². The summed E-state index contributed by atoms with van der Waals surface area (Å²) in [5.41, 5.74) is 0. The van der Waals surface area contributed by atoms with E-state index >= 15 is 0 Å². The molecule has 0 aromatic heterocycles. The summed E-state index contributed by atoms with van der Waals surface area (Å²) in [4.78, 5) is 11.5. The minimum absolute atomic E-state index is 0.203. The van der Waals surface area contributed by atoms with Crippen molar-refractivity contribution in [3.63, 3.8) is 0 Å². The molecule has 0 saturated carbocycles. The molecule has 1 aliphatic heterocycles. The van der Waals surface area contributed by atoms with E-state index in [1.165, 1.54) is 0 Å². The summed E-state index contributed by atoms with van der Waals surface area (Å²) < 4.78 is 0. The molecule has 1 saturated heterocycles. The van der Waals surface area contributed by atoms with Gasteiger partial charge in [-0.3, -0.25) is 4.79 Å². The zero-order valence-electron chi connectivity index (χ0n) is 8.30. The second-order valence-electron chi connectivity index (χ2n) is 3.48. The van der Waals surface area contributed by atoms with E-state index in [0.29, 0.717) is 5.25 Å². The highest BCUT2D eigenvalue weighted by molar-refractivity contribution is 7.99. The van der Waals surface area contributed by atoms with E-state index < -0.39 is 0 Å². The van der Waals surface area contributed by atoms with E-state index in [1.54, 1.807) is 11.8 Å². The molecule has 0 aromatic rings. The first-order valence-corrected chi connectivity index (χ1v) is 6.04. The first kappa shape index (κ1) is 10.9. The van der Waals surface area contributed by atoms with Gasteiger partial charge >= 0.3 is 0 Å². The van der Waals surface area contributed by atoms with E-state index in [1.807, 2.05) is 0 Å². The molecule has 1 fully saturated rings. The number of rotatable bonds is 4. The number of thioether (sulfide) groups is 1. The number of hydrogen-bond donors (Lipinski definition) is 2. The SMILES string of the molecule is CS[C@@H](C)CNC(=O)[C@H]1CCNC1. The van der Waals surface area contributed by atoms with Gasteiger partial charge in [-0.25, -0.2) is 0 Å². The molecule has 0 spiro atoms. The van der Waals surface area contributed by atoms with Gasteiger partial charge in [0.15, 0.2) is 0 Å². The van der Waals surface area contributed by atoms with Gasteiger partial charge in [-0.15, -0.1) is 0 Å². The summed E-state index contributed by atoms with van der Waals surface area (Å²) in [6.07, 6.45) is 3.05. The molecule has 1 rings (SSSR count). The molecule has 0 aromatic carbocycles. The summed E-state index contributed by atoms with van der Waals surface area (Å²) in [5.74, 6) is 0.417. The summed E-state index contributed by atoms with van der Waals surface area (Å²) in [6, 6.07) is 0. The molecule has 2 N–H and O–H groups in total. The number of hydrogen-bond acceptors (Lipinski definition) is 3. The van der Waals surface area contributed by atoms with Crippen LogP contribution in [0.5, 0.6) is 0 Å². The standard InChI is InChI=1S/C9H18N2OS/c1-7(13-2)5-11-9(12)8-3-4-10-6-8/h7-8,10H,3-6H2,1-2H3,(H,11,12)/t7-,8-/m0/s1. The van der Waals surface area contributed by atoms with Crippen LogP contribution in [0.4, 0.5) is 0 Å². The third-order valence-electron chi connectivity index (χ3n) is 2.40. The van der Waals surface area contributed by atoms with E-state index in [2.05, 4.69) is 23.8 Å². The van der Waals surface area contributed by atoms with Crippen molar-refractivity contribution in [3.05, 3.63) is 0 Å². The summed E-state index contributed by atoms with van der Waals surface area (Å²) in [6.45, 7) is 4.74. The van der Waals surface area contributed by atoms with E-state index in [4.69, 9.17) is 0 Å². The summed E-state index contributed by atoms with van der Waals surface area (Å²) in [5, 5.41) is 6.68. The Labute approximate surface area is 84.0 Å². The van der Waals surface area contributed by atoms with Crippen LogP contribution < -0.4 is 10.6 Å². The van der Waals surface area contributed by atoms with Crippen molar-refractivity contribution >= 4 is 17.7 Å². The van der Waals surface area contributed by atoms with Crippen LogP contribution in [0.2, 0.25) is 0 Å². The maximum absolute atomic E-state index is 11.5. The van der Waals surface area contributed by atoms with E-state index in [9.17, 15) is 4.79 Å². The van der Waals surface area contributed by atoms with Crippen molar-refractivity contribution in [1.29, 1.82) is 0 Å². The van der Waals surface area contributed by atoms with Gasteiger partial charge in [0.2, 0.25) is 5.91 Å². The lowest BCUT2D eigenvalue weighted by Crippen LogP contribution is -2.35. The highest BCUT2D eigenvalue weighted by Crippen LogP contribution is 2.08. The van der Waals surface area contributed by atoms with Crippen LogP contribution in [0.1, 0.15) is 13.3 Å². The Hall–Kier alpha value is -0.220. The van der Waals surface area contributed by atoms with Gasteiger partial charge in [-0.2, -0.15) is 11.8 Å². The predicted octanol–water partition coefficient (Wildman–Crippen LogP) is 0.464. The number of amides is 1. The molecule has 1 amide bonds. The monoisotopic (exact) mass is 202 g/mol. The van der Waals surface area contributed by atoms with Gasteiger partial charge in [0.05, 0.1) is 5.92 Å². The Bertz CT molecular complexity index is 169. The maximum Gasteiger partial charge on any atom is 0.224 e. The van der Waals surface area contributed by atoms with Crippen molar-refractivity contribution in [3.8, 4) is 0 Å². The minimum atomic E-state index is 0.203. The zero-order chi connectivity index (χ0) is 9.68. The van der Waals surface area contributed by atoms with Crippen LogP contribution in [0.3, 0.4) is 0 Å². The molecule has 13 heavy (non-hydrogen) atoms. The fourth-order valence-electron chi connectivity index (χ4n) is 1.35. The molecule has 2 atom stereocenters. The van der Waals surface area contributed by atoms with Crippen molar-refractivity contribution in [1.82, 2.24) is 10.6 Å². The lowest BCUT2D eigenvalue weighted by atomic mass is 10.1. The molecule has 1 heterocycles. The Kier molecular flexibility index (Phi) is 4.59. The molecule has 76 valence electrons. The molecular formula is C9H18N2OS. The van der Waals surface area contributed by atoms with Gasteiger partial charge < -0.3 is 10.6 Å². The zero-order valence-corrected chi connectivity index (χ0v) is 9.12. The van der Waals surface area contributed by atoms with Gasteiger partial charge in [0.25, 0.3) is 0 Å². The maximum atomic E-state index is 11.5. The molecule has 1 aliphatic rings. The van der Waals surface area contributed by atoms with E-state index in [-0.39, 0.29) is 11.8 Å². The van der Waals surface area contributed by atoms with Crippen LogP contribution in [0.25, 0.3) is 0 Å². The van der Waals surface area contributed by atoms with Crippen molar-refractivity contribution in [2.24, 2.45) is 5.92 Å². The lowest BCUT2D eigenvalue weighted by Gasteiger charge is -2.12.